The summed E-state index contributed by atoms with van der Waals surface area (Å²) in [5, 5.41) is 7.32. The highest BCUT2D eigenvalue weighted by Crippen LogP contribution is 2.39. The Hall–Kier alpha value is -2.94. The molecule has 1 aromatic carbocycles. The van der Waals surface area contributed by atoms with Crippen molar-refractivity contribution in [2.75, 3.05) is 20.3 Å². The van der Waals surface area contributed by atoms with Crippen LogP contribution >= 0.6 is 15.9 Å². The number of ether oxygens (including phenoxy) is 2. The number of aromatic nitrogens is 4. The number of carbonyl (C=O) groups excluding carboxylic acids is 1. The minimum atomic E-state index is -0.125. The number of amides is 1. The zero-order chi connectivity index (χ0) is 19.7. The normalized spacial score (nSPS) is 13.0. The second-order valence-corrected chi connectivity index (χ2v) is 6.94. The van der Waals surface area contributed by atoms with Crippen LogP contribution in [0.4, 0.5) is 0 Å². The molecular weight excluding hydrogens is 426 g/mol. The fraction of sp³-hybridized carbons (Fsp3) is 0.263. The molecular formula is C19H18BrN5O3. The number of benzene rings is 1. The topological polar surface area (TPSA) is 91.2 Å². The summed E-state index contributed by atoms with van der Waals surface area (Å²) in [7, 11) is 1.59. The van der Waals surface area contributed by atoms with Gasteiger partial charge in [-0.25, -0.2) is 9.97 Å². The van der Waals surface area contributed by atoms with Crippen LogP contribution in [0, 0.1) is 0 Å². The number of rotatable bonds is 5. The number of halogens is 1. The minimum absolute atomic E-state index is 0.125. The highest BCUT2D eigenvalue weighted by atomic mass is 79.9. The van der Waals surface area contributed by atoms with Gasteiger partial charge < -0.3 is 14.8 Å². The summed E-state index contributed by atoms with van der Waals surface area (Å²) in [6, 6.07) is 7.25. The molecule has 0 saturated heterocycles. The van der Waals surface area contributed by atoms with E-state index in [4.69, 9.17) is 9.47 Å². The van der Waals surface area contributed by atoms with Crippen molar-refractivity contribution in [2.24, 2.45) is 0 Å². The molecule has 0 saturated carbocycles. The van der Waals surface area contributed by atoms with Crippen molar-refractivity contribution in [3.05, 3.63) is 40.6 Å². The van der Waals surface area contributed by atoms with Gasteiger partial charge in [-0.3, -0.25) is 9.48 Å². The van der Waals surface area contributed by atoms with Crippen LogP contribution in [0.25, 0.3) is 22.8 Å². The first-order valence-corrected chi connectivity index (χ1v) is 9.60. The Morgan fingerprint density at radius 2 is 2.14 bits per heavy atom. The lowest BCUT2D eigenvalue weighted by Crippen LogP contribution is -2.35. The minimum Gasteiger partial charge on any atom is -0.492 e. The molecule has 0 bridgehead atoms. The number of nitrogens with one attached hydrogen (secondary N) is 1. The van der Waals surface area contributed by atoms with Crippen LogP contribution < -0.4 is 14.8 Å². The predicted octanol–water partition coefficient (Wildman–Crippen LogP) is 2.92. The van der Waals surface area contributed by atoms with Crippen molar-refractivity contribution in [3.8, 4) is 34.3 Å². The van der Waals surface area contributed by atoms with Crippen LogP contribution in [0.5, 0.6) is 11.5 Å². The van der Waals surface area contributed by atoms with E-state index in [9.17, 15) is 4.79 Å². The van der Waals surface area contributed by atoms with Crippen LogP contribution in [-0.2, 0) is 6.54 Å². The molecule has 9 heteroatoms. The first-order valence-electron chi connectivity index (χ1n) is 8.81. The van der Waals surface area contributed by atoms with E-state index in [2.05, 4.69) is 36.3 Å². The Balaban J connectivity index is 1.75. The van der Waals surface area contributed by atoms with E-state index in [-0.39, 0.29) is 5.91 Å². The molecule has 0 unspecified atom stereocenters. The third kappa shape index (κ3) is 3.33. The number of hydrogen-bond acceptors (Lipinski definition) is 6. The Morgan fingerprint density at radius 3 is 2.89 bits per heavy atom. The Bertz CT molecular complexity index is 1050. The molecule has 1 amide bonds. The number of carbonyl (C=O) groups is 1. The number of nitrogens with zero attached hydrogens (tertiary/aromatic N) is 4. The van der Waals surface area contributed by atoms with Crippen molar-refractivity contribution in [1.29, 1.82) is 0 Å². The molecule has 2 aromatic heterocycles. The van der Waals surface area contributed by atoms with E-state index in [0.717, 1.165) is 10.0 Å². The van der Waals surface area contributed by atoms with Gasteiger partial charge in [-0.15, -0.1) is 0 Å². The van der Waals surface area contributed by atoms with Crippen molar-refractivity contribution in [3.63, 3.8) is 0 Å². The van der Waals surface area contributed by atoms with E-state index < -0.39 is 0 Å². The average Bonchev–Trinajstić information content (AvgIpc) is 3.14. The lowest BCUT2D eigenvalue weighted by Gasteiger charge is -2.13. The summed E-state index contributed by atoms with van der Waals surface area (Å²) >= 11 is 3.51. The molecule has 1 N–H and O–H groups in total. The molecule has 8 nitrogen and oxygen atoms in total. The zero-order valence-electron chi connectivity index (χ0n) is 15.4. The second kappa shape index (κ2) is 7.59. The summed E-state index contributed by atoms with van der Waals surface area (Å²) in [6.07, 6.45) is 1.68. The highest BCUT2D eigenvalue weighted by Gasteiger charge is 2.21. The van der Waals surface area contributed by atoms with Gasteiger partial charge in [0.25, 0.3) is 5.91 Å². The van der Waals surface area contributed by atoms with E-state index in [0.29, 0.717) is 54.1 Å². The summed E-state index contributed by atoms with van der Waals surface area (Å²) < 4.78 is 13.5. The van der Waals surface area contributed by atoms with Crippen LogP contribution in [-0.4, -0.2) is 45.9 Å². The molecule has 144 valence electrons. The van der Waals surface area contributed by atoms with Crippen molar-refractivity contribution in [2.45, 2.75) is 13.5 Å². The fourth-order valence-electron chi connectivity index (χ4n) is 3.06. The van der Waals surface area contributed by atoms with E-state index >= 15 is 0 Å². The fourth-order valence-corrected chi connectivity index (χ4v) is 3.66. The third-order valence-electron chi connectivity index (χ3n) is 4.31. The molecule has 3 heterocycles. The summed E-state index contributed by atoms with van der Waals surface area (Å²) in [5.41, 5.74) is 2.59. The molecule has 0 fully saturated rings. The lowest BCUT2D eigenvalue weighted by molar-refractivity contribution is 0.0924. The largest absolute Gasteiger partial charge is 0.492 e. The van der Waals surface area contributed by atoms with E-state index in [1.54, 1.807) is 30.1 Å². The molecule has 0 atom stereocenters. The van der Waals surface area contributed by atoms with Crippen LogP contribution in [0.2, 0.25) is 0 Å². The molecule has 3 aromatic rings. The number of hydrogen-bond donors (Lipinski definition) is 1. The van der Waals surface area contributed by atoms with Crippen molar-refractivity contribution >= 4 is 21.8 Å². The Labute approximate surface area is 170 Å². The SMILES string of the molecule is CCOc1cc(-c2nccc(-c3cc4n(n3)CCNC4=O)n2)cc(Br)c1OC. The third-order valence-corrected chi connectivity index (χ3v) is 4.90. The van der Waals surface area contributed by atoms with Gasteiger partial charge in [0.15, 0.2) is 17.3 Å². The van der Waals surface area contributed by atoms with Gasteiger partial charge in [0.05, 0.1) is 30.4 Å². The maximum Gasteiger partial charge on any atom is 0.269 e. The maximum atomic E-state index is 12.0. The van der Waals surface area contributed by atoms with Crippen LogP contribution in [0.3, 0.4) is 0 Å². The Kier molecular flexibility index (Phi) is 4.99. The number of fused-ring (bicyclic) bond motifs is 1. The van der Waals surface area contributed by atoms with Crippen molar-refractivity contribution in [1.82, 2.24) is 25.1 Å². The lowest BCUT2D eigenvalue weighted by atomic mass is 10.1. The van der Waals surface area contributed by atoms with Gasteiger partial charge in [-0.2, -0.15) is 5.10 Å². The highest BCUT2D eigenvalue weighted by molar-refractivity contribution is 9.10. The van der Waals surface area contributed by atoms with Crippen LogP contribution in [0.1, 0.15) is 17.4 Å². The molecule has 1 aliphatic heterocycles. The van der Waals surface area contributed by atoms with Gasteiger partial charge >= 0.3 is 0 Å². The van der Waals surface area contributed by atoms with Crippen molar-refractivity contribution < 1.29 is 14.3 Å². The number of methoxy groups -OCH3 is 1. The zero-order valence-corrected chi connectivity index (χ0v) is 17.0. The van der Waals surface area contributed by atoms with Gasteiger partial charge in [0, 0.05) is 18.3 Å². The standard InChI is InChI=1S/C19H18BrN5O3/c1-3-28-16-9-11(8-12(20)17(16)27-2)18-21-5-4-13(23-18)14-10-15-19(26)22-6-7-25(15)24-14/h4-5,8-10H,3,6-7H2,1-2H3,(H,22,26). The Morgan fingerprint density at radius 1 is 1.29 bits per heavy atom. The van der Waals surface area contributed by atoms with E-state index in [1.807, 2.05) is 19.1 Å². The molecule has 4 rings (SSSR count). The van der Waals surface area contributed by atoms with Gasteiger partial charge in [-0.1, -0.05) is 0 Å². The molecule has 1 aliphatic rings. The predicted molar refractivity (Wildman–Crippen MR) is 106 cm³/mol. The van der Waals surface area contributed by atoms with Gasteiger partial charge in [0.2, 0.25) is 0 Å². The quantitative estimate of drug-likeness (QED) is 0.651. The first kappa shape index (κ1) is 18.4. The maximum absolute atomic E-state index is 12.0. The first-order chi connectivity index (χ1) is 13.6. The van der Waals surface area contributed by atoms with Gasteiger partial charge in [0.1, 0.15) is 11.4 Å². The summed E-state index contributed by atoms with van der Waals surface area (Å²) in [5.74, 6) is 1.63. The molecule has 0 spiro atoms. The monoisotopic (exact) mass is 443 g/mol. The van der Waals surface area contributed by atoms with Crippen LogP contribution in [0.15, 0.2) is 34.9 Å². The van der Waals surface area contributed by atoms with E-state index in [1.165, 1.54) is 0 Å². The summed E-state index contributed by atoms with van der Waals surface area (Å²) in [6.45, 7) is 3.63. The average molecular weight is 444 g/mol. The smallest absolute Gasteiger partial charge is 0.269 e. The molecule has 0 radical (unpaired) electrons. The van der Waals surface area contributed by atoms with Gasteiger partial charge in [-0.05, 0) is 47.1 Å². The molecule has 0 aliphatic carbocycles. The summed E-state index contributed by atoms with van der Waals surface area (Å²) in [4.78, 5) is 21.0. The second-order valence-electron chi connectivity index (χ2n) is 6.08. The molecule has 28 heavy (non-hydrogen) atoms.